The summed E-state index contributed by atoms with van der Waals surface area (Å²) >= 11 is 0. The summed E-state index contributed by atoms with van der Waals surface area (Å²) in [6.45, 7) is 3.91. The average Bonchev–Trinajstić information content (AvgIpc) is 3.30. The molecule has 29 heavy (non-hydrogen) atoms. The molecule has 2 aromatic heterocycles. The van der Waals surface area contributed by atoms with Crippen molar-refractivity contribution in [2.75, 3.05) is 20.1 Å². The fourth-order valence-electron chi connectivity index (χ4n) is 4.44. The Morgan fingerprint density at radius 2 is 2.17 bits per heavy atom. The van der Waals surface area contributed by atoms with Crippen LogP contribution in [0.2, 0.25) is 0 Å². The highest BCUT2D eigenvalue weighted by molar-refractivity contribution is 5.99. The summed E-state index contributed by atoms with van der Waals surface area (Å²) in [7, 11) is 2.11. The number of hydrogen-bond acceptors (Lipinski definition) is 5. The number of aryl methyl sites for hydroxylation is 1. The second-order valence-electron chi connectivity index (χ2n) is 8.01. The van der Waals surface area contributed by atoms with E-state index in [0.717, 1.165) is 30.0 Å². The molecule has 3 aromatic rings. The number of halogens is 1. The van der Waals surface area contributed by atoms with Crippen LogP contribution in [0.25, 0.3) is 11.0 Å². The lowest BCUT2D eigenvalue weighted by atomic mass is 10.1. The third-order valence-corrected chi connectivity index (χ3v) is 6.15. The van der Waals surface area contributed by atoms with E-state index in [2.05, 4.69) is 16.9 Å². The van der Waals surface area contributed by atoms with Crippen molar-refractivity contribution in [2.45, 2.75) is 38.8 Å². The zero-order valence-corrected chi connectivity index (χ0v) is 16.6. The minimum absolute atomic E-state index is 0.177. The van der Waals surface area contributed by atoms with Crippen molar-refractivity contribution in [1.82, 2.24) is 19.8 Å². The van der Waals surface area contributed by atoms with E-state index in [1.54, 1.807) is 17.9 Å². The predicted octanol–water partition coefficient (Wildman–Crippen LogP) is 3.64. The number of benzene rings is 1. The fraction of sp³-hybridized carbons (Fsp3) is 0.409. The van der Waals surface area contributed by atoms with Gasteiger partial charge in [-0.25, -0.2) is 14.4 Å². The maximum Gasteiger partial charge on any atom is 0.290 e. The molecule has 1 atom stereocenters. The van der Waals surface area contributed by atoms with E-state index in [1.807, 2.05) is 6.20 Å². The first-order chi connectivity index (χ1) is 14.0. The summed E-state index contributed by atoms with van der Waals surface area (Å²) in [5.74, 6) is 0.648. The Bertz CT molecular complexity index is 1110. The number of rotatable bonds is 2. The number of likely N-dealkylation sites (tertiary alicyclic amines) is 1. The minimum atomic E-state index is -0.340. The molecule has 1 unspecified atom stereocenters. The zero-order chi connectivity index (χ0) is 20.1. The van der Waals surface area contributed by atoms with Gasteiger partial charge in [0.1, 0.15) is 17.2 Å². The minimum Gasteiger partial charge on any atom is -0.451 e. The lowest BCUT2D eigenvalue weighted by Gasteiger charge is -2.28. The number of fused-ring (bicyclic) bond motifs is 2. The van der Waals surface area contributed by atoms with Gasteiger partial charge in [0.15, 0.2) is 5.76 Å². The molecular weight excluding hydrogens is 371 g/mol. The summed E-state index contributed by atoms with van der Waals surface area (Å²) in [5, 5.41) is 0.638. The van der Waals surface area contributed by atoms with Crippen molar-refractivity contribution < 1.29 is 13.6 Å². The normalized spacial score (nSPS) is 19.7. The van der Waals surface area contributed by atoms with Crippen LogP contribution in [0, 0.1) is 12.7 Å². The van der Waals surface area contributed by atoms with E-state index in [-0.39, 0.29) is 17.5 Å². The number of carbonyl (C=O) groups is 1. The molecule has 0 N–H and O–H groups in total. The van der Waals surface area contributed by atoms with Crippen LogP contribution in [0.4, 0.5) is 4.39 Å². The summed E-state index contributed by atoms with van der Waals surface area (Å²) in [4.78, 5) is 26.6. The van der Waals surface area contributed by atoms with E-state index in [4.69, 9.17) is 9.40 Å². The van der Waals surface area contributed by atoms with Gasteiger partial charge in [-0.3, -0.25) is 9.69 Å². The Balaban J connectivity index is 1.39. The standard InChI is InChI=1S/C22H23FN4O2/c1-13-16-10-15(23)5-6-19(16)29-20(13)22(28)27-9-7-17-14(12-27)11-24-21(25-17)18-4-3-8-26(18)2/h5-6,10-11,18H,3-4,7-9,12H2,1-2H3. The van der Waals surface area contributed by atoms with E-state index >= 15 is 0 Å². The first-order valence-electron chi connectivity index (χ1n) is 10.0. The van der Waals surface area contributed by atoms with E-state index in [1.165, 1.54) is 18.6 Å². The quantitative estimate of drug-likeness (QED) is 0.664. The van der Waals surface area contributed by atoms with Crippen LogP contribution in [0.15, 0.2) is 28.8 Å². The SMILES string of the molecule is Cc1c(C(=O)N2CCc3nc(C4CCCN4C)ncc3C2)oc2ccc(F)cc12. The van der Waals surface area contributed by atoms with Crippen LogP contribution in [-0.2, 0) is 13.0 Å². The molecule has 0 bridgehead atoms. The summed E-state index contributed by atoms with van der Waals surface area (Å²) in [6.07, 6.45) is 4.82. The van der Waals surface area contributed by atoms with Crippen molar-refractivity contribution >= 4 is 16.9 Å². The van der Waals surface area contributed by atoms with Crippen LogP contribution in [0.5, 0.6) is 0 Å². The van der Waals surface area contributed by atoms with Crippen LogP contribution in [0.1, 0.15) is 52.1 Å². The van der Waals surface area contributed by atoms with Crippen LogP contribution in [-0.4, -0.2) is 45.8 Å². The molecule has 0 aliphatic carbocycles. The number of aromatic nitrogens is 2. The topological polar surface area (TPSA) is 62.5 Å². The second-order valence-corrected chi connectivity index (χ2v) is 8.01. The highest BCUT2D eigenvalue weighted by Gasteiger charge is 2.30. The van der Waals surface area contributed by atoms with Gasteiger partial charge in [0, 0.05) is 42.2 Å². The molecule has 6 nitrogen and oxygen atoms in total. The molecule has 1 amide bonds. The molecule has 1 fully saturated rings. The first kappa shape index (κ1) is 18.2. The maximum absolute atomic E-state index is 13.6. The molecule has 1 saturated heterocycles. The number of furan rings is 1. The fourth-order valence-corrected chi connectivity index (χ4v) is 4.44. The Hall–Kier alpha value is -2.80. The smallest absolute Gasteiger partial charge is 0.290 e. The van der Waals surface area contributed by atoms with Crippen molar-refractivity contribution in [3.63, 3.8) is 0 Å². The largest absolute Gasteiger partial charge is 0.451 e. The number of nitrogens with zero attached hydrogens (tertiary/aromatic N) is 4. The Morgan fingerprint density at radius 3 is 2.97 bits per heavy atom. The number of hydrogen-bond donors (Lipinski definition) is 0. The highest BCUT2D eigenvalue weighted by atomic mass is 19.1. The van der Waals surface area contributed by atoms with Crippen molar-refractivity contribution in [3.8, 4) is 0 Å². The monoisotopic (exact) mass is 394 g/mol. The third-order valence-electron chi connectivity index (χ3n) is 6.15. The number of carbonyl (C=O) groups excluding carboxylic acids is 1. The van der Waals surface area contributed by atoms with Crippen molar-refractivity contribution in [1.29, 1.82) is 0 Å². The van der Waals surface area contributed by atoms with Crippen LogP contribution >= 0.6 is 0 Å². The van der Waals surface area contributed by atoms with Gasteiger partial charge in [-0.2, -0.15) is 0 Å². The van der Waals surface area contributed by atoms with Gasteiger partial charge in [-0.15, -0.1) is 0 Å². The molecule has 0 radical (unpaired) electrons. The van der Waals surface area contributed by atoms with Gasteiger partial charge in [0.05, 0.1) is 11.7 Å². The van der Waals surface area contributed by atoms with E-state index in [0.29, 0.717) is 42.1 Å². The van der Waals surface area contributed by atoms with Gasteiger partial charge in [-0.1, -0.05) is 0 Å². The summed E-state index contributed by atoms with van der Waals surface area (Å²) < 4.78 is 19.3. The molecule has 7 heteroatoms. The maximum atomic E-state index is 13.6. The zero-order valence-electron chi connectivity index (χ0n) is 16.6. The molecule has 2 aliphatic heterocycles. The molecule has 5 rings (SSSR count). The molecule has 1 aromatic carbocycles. The molecular formula is C22H23FN4O2. The molecule has 0 saturated carbocycles. The molecule has 150 valence electrons. The average molecular weight is 394 g/mol. The Kier molecular flexibility index (Phi) is 4.35. The highest BCUT2D eigenvalue weighted by Crippen LogP contribution is 2.30. The van der Waals surface area contributed by atoms with Gasteiger partial charge in [0.2, 0.25) is 0 Å². The van der Waals surface area contributed by atoms with Gasteiger partial charge in [-0.05, 0) is 51.6 Å². The van der Waals surface area contributed by atoms with Gasteiger partial charge in [0.25, 0.3) is 5.91 Å². The molecule has 0 spiro atoms. The second kappa shape index (κ2) is 6.91. The third kappa shape index (κ3) is 3.09. The number of amides is 1. The van der Waals surface area contributed by atoms with Crippen molar-refractivity contribution in [3.05, 3.63) is 58.6 Å². The predicted molar refractivity (Wildman–Crippen MR) is 106 cm³/mol. The lowest BCUT2D eigenvalue weighted by Crippen LogP contribution is -2.37. The van der Waals surface area contributed by atoms with Crippen molar-refractivity contribution in [2.24, 2.45) is 0 Å². The van der Waals surface area contributed by atoms with Gasteiger partial charge < -0.3 is 9.32 Å². The van der Waals surface area contributed by atoms with Crippen LogP contribution in [0.3, 0.4) is 0 Å². The first-order valence-corrected chi connectivity index (χ1v) is 10.0. The van der Waals surface area contributed by atoms with E-state index < -0.39 is 0 Å². The Morgan fingerprint density at radius 1 is 1.31 bits per heavy atom. The van der Waals surface area contributed by atoms with E-state index in [9.17, 15) is 9.18 Å². The lowest BCUT2D eigenvalue weighted by molar-refractivity contribution is 0.0702. The Labute approximate surface area is 168 Å². The molecule has 4 heterocycles. The van der Waals surface area contributed by atoms with Gasteiger partial charge >= 0.3 is 0 Å². The summed E-state index contributed by atoms with van der Waals surface area (Å²) in [6, 6.07) is 4.60. The van der Waals surface area contributed by atoms with Crippen LogP contribution < -0.4 is 0 Å². The molecule has 2 aliphatic rings. The summed E-state index contributed by atoms with van der Waals surface area (Å²) in [5.41, 5.74) is 3.21.